The number of anilines is 1. The zero-order valence-electron chi connectivity index (χ0n) is 6.20. The Kier molecular flexibility index (Phi) is 2.83. The van der Waals surface area contributed by atoms with E-state index >= 15 is 0 Å². The molecule has 60 valence electrons. The second-order valence-electron chi connectivity index (χ2n) is 2.15. The largest absolute Gasteiger partial charge is 0.392 e. The zero-order chi connectivity index (χ0) is 8.10. The van der Waals surface area contributed by atoms with E-state index in [-0.39, 0.29) is 6.61 Å². The molecule has 0 radical (unpaired) electrons. The molecule has 0 spiro atoms. The summed E-state index contributed by atoms with van der Waals surface area (Å²) in [5.74, 6) is 6.02. The number of nitrogen functional groups attached to an aromatic ring is 1. The van der Waals surface area contributed by atoms with Crippen LogP contribution in [0.25, 0.3) is 0 Å². The van der Waals surface area contributed by atoms with Gasteiger partial charge in [-0.3, -0.25) is 0 Å². The van der Waals surface area contributed by atoms with Gasteiger partial charge in [-0.25, -0.2) is 4.57 Å². The van der Waals surface area contributed by atoms with Crippen molar-refractivity contribution in [3.05, 3.63) is 24.4 Å². The van der Waals surface area contributed by atoms with Crippen molar-refractivity contribution in [1.82, 2.24) is 0 Å². The minimum Gasteiger partial charge on any atom is -0.392 e. The SMILES string of the molecule is NNc1cccc[n+]1CCO. The lowest BCUT2D eigenvalue weighted by Gasteiger charge is -2.00. The molecule has 1 rings (SSSR count). The van der Waals surface area contributed by atoms with Crippen molar-refractivity contribution in [2.45, 2.75) is 6.54 Å². The molecule has 0 fully saturated rings. The normalized spacial score (nSPS) is 9.64. The molecule has 0 amide bonds. The number of hydrazine groups is 1. The molecule has 1 aromatic heterocycles. The van der Waals surface area contributed by atoms with Crippen molar-refractivity contribution in [2.24, 2.45) is 5.84 Å². The molecular weight excluding hydrogens is 142 g/mol. The number of nitrogens with zero attached hydrogens (tertiary/aromatic N) is 1. The van der Waals surface area contributed by atoms with Gasteiger partial charge < -0.3 is 5.11 Å². The summed E-state index contributed by atoms with van der Waals surface area (Å²) in [4.78, 5) is 0. The lowest BCUT2D eigenvalue weighted by Crippen LogP contribution is -2.39. The van der Waals surface area contributed by atoms with Crippen LogP contribution in [0.2, 0.25) is 0 Å². The zero-order valence-corrected chi connectivity index (χ0v) is 6.20. The van der Waals surface area contributed by atoms with Gasteiger partial charge in [-0.1, -0.05) is 6.07 Å². The van der Waals surface area contributed by atoms with Crippen LogP contribution in [0, 0.1) is 0 Å². The fraction of sp³-hybridized carbons (Fsp3) is 0.286. The van der Waals surface area contributed by atoms with Crippen molar-refractivity contribution in [3.63, 3.8) is 0 Å². The van der Waals surface area contributed by atoms with Gasteiger partial charge >= 0.3 is 0 Å². The summed E-state index contributed by atoms with van der Waals surface area (Å²) in [5.41, 5.74) is 2.53. The number of aliphatic hydroxyl groups excluding tert-OH is 1. The molecule has 4 N–H and O–H groups in total. The Hall–Kier alpha value is -1.13. The number of aliphatic hydroxyl groups is 1. The molecule has 4 nitrogen and oxygen atoms in total. The number of pyridine rings is 1. The highest BCUT2D eigenvalue weighted by molar-refractivity contribution is 5.24. The Morgan fingerprint density at radius 3 is 3.00 bits per heavy atom. The maximum atomic E-state index is 8.65. The first-order valence-electron chi connectivity index (χ1n) is 3.44. The Morgan fingerprint density at radius 1 is 1.55 bits per heavy atom. The molecule has 0 atom stereocenters. The second-order valence-corrected chi connectivity index (χ2v) is 2.15. The summed E-state index contributed by atoms with van der Waals surface area (Å²) >= 11 is 0. The molecule has 0 aromatic carbocycles. The van der Waals surface area contributed by atoms with Crippen molar-refractivity contribution < 1.29 is 9.67 Å². The number of hydrogen-bond donors (Lipinski definition) is 3. The van der Waals surface area contributed by atoms with Gasteiger partial charge in [-0.2, -0.15) is 11.3 Å². The highest BCUT2D eigenvalue weighted by Crippen LogP contribution is 1.93. The maximum Gasteiger partial charge on any atom is 0.292 e. The number of rotatable bonds is 3. The van der Waals surface area contributed by atoms with Gasteiger partial charge in [0.2, 0.25) is 0 Å². The third-order valence-electron chi connectivity index (χ3n) is 1.43. The molecule has 1 aromatic rings. The molecule has 0 saturated carbocycles. The highest BCUT2D eigenvalue weighted by atomic mass is 16.3. The van der Waals surface area contributed by atoms with Crippen LogP contribution in [0.5, 0.6) is 0 Å². The van der Waals surface area contributed by atoms with E-state index in [1.54, 1.807) is 0 Å². The van der Waals surface area contributed by atoms with Gasteiger partial charge in [-0.15, -0.1) is 0 Å². The average molecular weight is 154 g/mol. The number of nitrogens with one attached hydrogen (secondary N) is 1. The predicted molar refractivity (Wildman–Crippen MR) is 41.5 cm³/mol. The number of aromatic nitrogens is 1. The summed E-state index contributed by atoms with van der Waals surface area (Å²) in [6.07, 6.45) is 1.85. The van der Waals surface area contributed by atoms with Gasteiger partial charge in [0.25, 0.3) is 5.82 Å². The summed E-state index contributed by atoms with van der Waals surface area (Å²) in [7, 11) is 0. The van der Waals surface area contributed by atoms with Crippen molar-refractivity contribution in [2.75, 3.05) is 12.0 Å². The van der Waals surface area contributed by atoms with Crippen molar-refractivity contribution in [3.8, 4) is 0 Å². The van der Waals surface area contributed by atoms with Crippen LogP contribution in [0.1, 0.15) is 0 Å². The Bertz CT molecular complexity index is 227. The van der Waals surface area contributed by atoms with Crippen molar-refractivity contribution >= 4 is 5.82 Å². The standard InChI is InChI=1S/C7H11N3O/c8-9-7-3-1-2-4-10(7)5-6-11/h1-4,11H,5-6,8H2/p+1. The average Bonchev–Trinajstić information content (AvgIpc) is 2.06. The lowest BCUT2D eigenvalue weighted by atomic mass is 10.4. The van der Waals surface area contributed by atoms with E-state index in [9.17, 15) is 0 Å². The minimum atomic E-state index is 0.114. The van der Waals surface area contributed by atoms with Crippen LogP contribution < -0.4 is 15.8 Å². The number of hydrogen-bond acceptors (Lipinski definition) is 3. The van der Waals surface area contributed by atoms with E-state index in [4.69, 9.17) is 10.9 Å². The van der Waals surface area contributed by atoms with Crippen LogP contribution in [0.15, 0.2) is 24.4 Å². The Balaban J connectivity index is 2.83. The van der Waals surface area contributed by atoms with Gasteiger partial charge in [0.05, 0.1) is 12.8 Å². The van der Waals surface area contributed by atoms with Crippen LogP contribution in [0.4, 0.5) is 5.82 Å². The minimum absolute atomic E-state index is 0.114. The molecule has 0 bridgehead atoms. The second kappa shape index (κ2) is 3.90. The van der Waals surface area contributed by atoms with E-state index in [0.29, 0.717) is 6.54 Å². The third-order valence-corrected chi connectivity index (χ3v) is 1.43. The fourth-order valence-corrected chi connectivity index (χ4v) is 0.910. The fourth-order valence-electron chi connectivity index (χ4n) is 0.910. The monoisotopic (exact) mass is 154 g/mol. The quantitative estimate of drug-likeness (QED) is 0.305. The maximum absolute atomic E-state index is 8.65. The molecule has 1 heterocycles. The Labute approximate surface area is 65.2 Å². The van der Waals surface area contributed by atoms with E-state index in [1.165, 1.54) is 0 Å². The van der Waals surface area contributed by atoms with Crippen LogP contribution in [-0.4, -0.2) is 11.7 Å². The van der Waals surface area contributed by atoms with Crippen molar-refractivity contribution in [1.29, 1.82) is 0 Å². The molecule has 4 heteroatoms. The Morgan fingerprint density at radius 2 is 2.36 bits per heavy atom. The molecular formula is C7H12N3O+. The molecule has 0 aliphatic rings. The van der Waals surface area contributed by atoms with Gasteiger partial charge in [0, 0.05) is 6.07 Å². The van der Waals surface area contributed by atoms with Gasteiger partial charge in [0.1, 0.15) is 6.54 Å². The van der Waals surface area contributed by atoms with Gasteiger partial charge in [-0.05, 0) is 6.07 Å². The highest BCUT2D eigenvalue weighted by Gasteiger charge is 2.02. The van der Waals surface area contributed by atoms with E-state index in [1.807, 2.05) is 29.0 Å². The summed E-state index contributed by atoms with van der Waals surface area (Å²) < 4.78 is 1.83. The van der Waals surface area contributed by atoms with E-state index < -0.39 is 0 Å². The lowest BCUT2D eigenvalue weighted by molar-refractivity contribution is -0.684. The topological polar surface area (TPSA) is 62.2 Å². The van der Waals surface area contributed by atoms with E-state index in [2.05, 4.69) is 5.43 Å². The molecule has 0 saturated heterocycles. The molecule has 0 unspecified atom stereocenters. The van der Waals surface area contributed by atoms with Gasteiger partial charge in [0.15, 0.2) is 0 Å². The molecule has 11 heavy (non-hydrogen) atoms. The predicted octanol–water partition coefficient (Wildman–Crippen LogP) is -0.748. The van der Waals surface area contributed by atoms with E-state index in [0.717, 1.165) is 5.82 Å². The first-order valence-corrected chi connectivity index (χ1v) is 3.44. The molecule has 0 aliphatic carbocycles. The smallest absolute Gasteiger partial charge is 0.292 e. The summed E-state index contributed by atoms with van der Waals surface area (Å²) in [6, 6.07) is 5.61. The van der Waals surface area contributed by atoms with Crippen LogP contribution in [-0.2, 0) is 6.54 Å². The van der Waals surface area contributed by atoms with Crippen LogP contribution in [0.3, 0.4) is 0 Å². The summed E-state index contributed by atoms with van der Waals surface area (Å²) in [5, 5.41) is 8.65. The molecule has 0 aliphatic heterocycles. The first-order chi connectivity index (χ1) is 5.38. The first kappa shape index (κ1) is 7.97. The summed E-state index contributed by atoms with van der Waals surface area (Å²) in [6.45, 7) is 0.670. The third kappa shape index (κ3) is 1.89. The van der Waals surface area contributed by atoms with Crippen LogP contribution >= 0.6 is 0 Å². The number of nitrogens with two attached hydrogens (primary N) is 1.